The number of nitrogens with one attached hydrogen (secondary N) is 1. The van der Waals surface area contributed by atoms with Gasteiger partial charge in [0.2, 0.25) is 5.91 Å². The summed E-state index contributed by atoms with van der Waals surface area (Å²) in [6.07, 6.45) is -0.0704. The third kappa shape index (κ3) is 3.93. The third-order valence-corrected chi connectivity index (χ3v) is 3.52. The summed E-state index contributed by atoms with van der Waals surface area (Å²) >= 11 is 11.6. The van der Waals surface area contributed by atoms with Crippen molar-refractivity contribution >= 4 is 40.5 Å². The van der Waals surface area contributed by atoms with E-state index in [2.05, 4.69) is 5.32 Å². The molecule has 22 heavy (non-hydrogen) atoms. The van der Waals surface area contributed by atoms with Gasteiger partial charge in [0.15, 0.2) is 0 Å². The number of nitro groups is 1. The molecule has 1 N–H and O–H groups in total. The number of hydrogen-bond donors (Lipinski definition) is 1. The molecule has 0 spiro atoms. The largest absolute Gasteiger partial charge is 0.323 e. The van der Waals surface area contributed by atoms with Gasteiger partial charge >= 0.3 is 0 Å². The first kappa shape index (κ1) is 16.2. The number of nitrogens with zero attached hydrogens (tertiary/aromatic N) is 1. The van der Waals surface area contributed by atoms with Crippen LogP contribution in [0.15, 0.2) is 36.4 Å². The third-order valence-electron chi connectivity index (χ3n) is 2.78. The van der Waals surface area contributed by atoms with Gasteiger partial charge in [-0.3, -0.25) is 14.9 Å². The molecular weight excluding hydrogens is 334 g/mol. The van der Waals surface area contributed by atoms with Gasteiger partial charge in [0.25, 0.3) is 5.69 Å². The van der Waals surface area contributed by atoms with E-state index >= 15 is 0 Å². The Balaban J connectivity index is 2.13. The van der Waals surface area contributed by atoms with Crippen LogP contribution < -0.4 is 5.32 Å². The number of benzene rings is 2. The predicted octanol–water partition coefficient (Wildman–Crippen LogP) is 4.22. The van der Waals surface area contributed by atoms with Crippen molar-refractivity contribution in [1.82, 2.24) is 0 Å². The maximum Gasteiger partial charge on any atom is 0.271 e. The topological polar surface area (TPSA) is 72.2 Å². The molecule has 0 aliphatic heterocycles. The molecule has 0 aliphatic carbocycles. The molecule has 0 saturated heterocycles. The lowest BCUT2D eigenvalue weighted by Gasteiger charge is -2.07. The fourth-order valence-electron chi connectivity index (χ4n) is 1.75. The molecule has 5 nitrogen and oxygen atoms in total. The van der Waals surface area contributed by atoms with Gasteiger partial charge in [0.1, 0.15) is 5.82 Å². The molecule has 0 aliphatic rings. The minimum atomic E-state index is -0.756. The number of nitro benzene ring substituents is 1. The summed E-state index contributed by atoms with van der Waals surface area (Å²) in [4.78, 5) is 21.9. The summed E-state index contributed by atoms with van der Waals surface area (Å²) in [6, 6.07) is 7.57. The Bertz CT molecular complexity index is 753. The van der Waals surface area contributed by atoms with Gasteiger partial charge in [-0.15, -0.1) is 0 Å². The highest BCUT2D eigenvalue weighted by Gasteiger charge is 2.13. The Kier molecular flexibility index (Phi) is 4.95. The van der Waals surface area contributed by atoms with Crippen LogP contribution >= 0.6 is 23.2 Å². The zero-order chi connectivity index (χ0) is 16.3. The molecule has 0 saturated carbocycles. The van der Waals surface area contributed by atoms with E-state index in [1.807, 2.05) is 0 Å². The molecule has 1 amide bonds. The minimum Gasteiger partial charge on any atom is -0.323 e. The Morgan fingerprint density at radius 1 is 1.18 bits per heavy atom. The summed E-state index contributed by atoms with van der Waals surface area (Å²) in [5, 5.41) is 13.6. The molecule has 0 atom stereocenters. The highest BCUT2D eigenvalue weighted by atomic mass is 35.5. The fraction of sp³-hybridized carbons (Fsp3) is 0.0714. The van der Waals surface area contributed by atoms with Crippen LogP contribution in [0.2, 0.25) is 10.0 Å². The smallest absolute Gasteiger partial charge is 0.271 e. The second kappa shape index (κ2) is 6.72. The maximum absolute atomic E-state index is 13.6. The van der Waals surface area contributed by atoms with Crippen molar-refractivity contribution < 1.29 is 14.1 Å². The standard InChI is InChI=1S/C14H9Cl2FN2O3/c15-10-3-1-8(5-11(10)16)6-14(20)18-13-7-9(19(21)22)2-4-12(13)17/h1-5,7H,6H2,(H,18,20). The zero-order valence-corrected chi connectivity index (χ0v) is 12.5. The van der Waals surface area contributed by atoms with E-state index in [4.69, 9.17) is 23.2 Å². The van der Waals surface area contributed by atoms with Crippen molar-refractivity contribution in [3.05, 3.63) is 67.9 Å². The number of carbonyl (C=O) groups excluding carboxylic acids is 1. The Hall–Kier alpha value is -2.18. The summed E-state index contributed by atoms with van der Waals surface area (Å²) < 4.78 is 13.6. The molecule has 0 bridgehead atoms. The first-order valence-corrected chi connectivity index (χ1v) is 6.80. The number of non-ortho nitro benzene ring substituents is 1. The lowest BCUT2D eigenvalue weighted by atomic mass is 10.1. The lowest BCUT2D eigenvalue weighted by Crippen LogP contribution is -2.15. The SMILES string of the molecule is O=C(Cc1ccc(Cl)c(Cl)c1)Nc1cc([N+](=O)[O-])ccc1F. The van der Waals surface area contributed by atoms with Crippen LogP contribution in [-0.2, 0) is 11.2 Å². The van der Waals surface area contributed by atoms with Crippen LogP contribution in [0.1, 0.15) is 5.56 Å². The number of halogens is 3. The summed E-state index contributed by atoms with van der Waals surface area (Å²) in [6.45, 7) is 0. The van der Waals surface area contributed by atoms with E-state index in [0.29, 0.717) is 15.6 Å². The number of rotatable bonds is 4. The highest BCUT2D eigenvalue weighted by molar-refractivity contribution is 6.42. The quantitative estimate of drug-likeness (QED) is 0.667. The van der Waals surface area contributed by atoms with Gasteiger partial charge in [-0.05, 0) is 23.8 Å². The van der Waals surface area contributed by atoms with Crippen LogP contribution in [0, 0.1) is 15.9 Å². The lowest BCUT2D eigenvalue weighted by molar-refractivity contribution is -0.384. The monoisotopic (exact) mass is 342 g/mol. The van der Waals surface area contributed by atoms with Crippen LogP contribution in [0.5, 0.6) is 0 Å². The summed E-state index contributed by atoms with van der Waals surface area (Å²) in [7, 11) is 0. The van der Waals surface area contributed by atoms with Gasteiger partial charge in [-0.25, -0.2) is 4.39 Å². The Morgan fingerprint density at radius 3 is 2.55 bits per heavy atom. The van der Waals surface area contributed by atoms with Gasteiger partial charge in [-0.1, -0.05) is 29.3 Å². The number of hydrogen-bond acceptors (Lipinski definition) is 3. The molecule has 8 heteroatoms. The van der Waals surface area contributed by atoms with Gasteiger partial charge < -0.3 is 5.32 Å². The molecule has 0 heterocycles. The van der Waals surface area contributed by atoms with E-state index < -0.39 is 16.6 Å². The second-order valence-electron chi connectivity index (χ2n) is 4.39. The molecule has 0 fully saturated rings. The van der Waals surface area contributed by atoms with Crippen molar-refractivity contribution in [3.8, 4) is 0 Å². The van der Waals surface area contributed by atoms with E-state index in [1.165, 1.54) is 6.07 Å². The molecule has 0 unspecified atom stereocenters. The normalized spacial score (nSPS) is 10.3. The molecule has 114 valence electrons. The number of carbonyl (C=O) groups is 1. The first-order valence-electron chi connectivity index (χ1n) is 6.04. The molecule has 2 rings (SSSR count). The van der Waals surface area contributed by atoms with Crippen molar-refractivity contribution in [1.29, 1.82) is 0 Å². The van der Waals surface area contributed by atoms with Crippen molar-refractivity contribution in [2.45, 2.75) is 6.42 Å². The second-order valence-corrected chi connectivity index (χ2v) is 5.21. The average molecular weight is 343 g/mol. The van der Waals surface area contributed by atoms with E-state index in [9.17, 15) is 19.3 Å². The molecule has 2 aromatic carbocycles. The molecular formula is C14H9Cl2FN2O3. The van der Waals surface area contributed by atoms with Crippen LogP contribution in [-0.4, -0.2) is 10.8 Å². The fourth-order valence-corrected chi connectivity index (χ4v) is 2.07. The Labute approximate surface area is 134 Å². The minimum absolute atomic E-state index is 0.0704. The van der Waals surface area contributed by atoms with Crippen molar-refractivity contribution in [3.63, 3.8) is 0 Å². The number of anilines is 1. The van der Waals surface area contributed by atoms with E-state index in [-0.39, 0.29) is 17.8 Å². The van der Waals surface area contributed by atoms with Crippen LogP contribution in [0.25, 0.3) is 0 Å². The van der Waals surface area contributed by atoms with Gasteiger partial charge in [0.05, 0.1) is 27.1 Å². The maximum atomic E-state index is 13.6. The van der Waals surface area contributed by atoms with E-state index in [1.54, 1.807) is 12.1 Å². The van der Waals surface area contributed by atoms with Crippen molar-refractivity contribution in [2.24, 2.45) is 0 Å². The van der Waals surface area contributed by atoms with Gasteiger partial charge in [0, 0.05) is 12.1 Å². The highest BCUT2D eigenvalue weighted by Crippen LogP contribution is 2.24. The summed E-state index contributed by atoms with van der Waals surface area (Å²) in [5.41, 5.74) is 0.0169. The number of amides is 1. The molecule has 2 aromatic rings. The molecule has 0 radical (unpaired) electrons. The first-order chi connectivity index (χ1) is 10.4. The van der Waals surface area contributed by atoms with Crippen LogP contribution in [0.4, 0.5) is 15.8 Å². The summed E-state index contributed by atoms with van der Waals surface area (Å²) in [5.74, 6) is -1.29. The van der Waals surface area contributed by atoms with Gasteiger partial charge in [-0.2, -0.15) is 0 Å². The average Bonchev–Trinajstić information content (AvgIpc) is 2.45. The predicted molar refractivity (Wildman–Crippen MR) is 81.9 cm³/mol. The van der Waals surface area contributed by atoms with Crippen molar-refractivity contribution in [2.75, 3.05) is 5.32 Å². The zero-order valence-electron chi connectivity index (χ0n) is 11.0. The van der Waals surface area contributed by atoms with E-state index in [0.717, 1.165) is 18.2 Å². The van der Waals surface area contributed by atoms with Crippen LogP contribution in [0.3, 0.4) is 0 Å². The molecule has 0 aromatic heterocycles. The Morgan fingerprint density at radius 2 is 1.91 bits per heavy atom.